The second kappa shape index (κ2) is 4.49. The number of nitrogens with zero attached hydrogens (tertiary/aromatic N) is 2. The van der Waals surface area contributed by atoms with E-state index in [1.165, 1.54) is 0 Å². The number of ether oxygens (including phenoxy) is 1. The van der Waals surface area contributed by atoms with Gasteiger partial charge in [-0.3, -0.25) is 4.68 Å². The van der Waals surface area contributed by atoms with E-state index in [-0.39, 0.29) is 6.10 Å². The van der Waals surface area contributed by atoms with Crippen molar-refractivity contribution in [2.24, 2.45) is 0 Å². The molecule has 0 bridgehead atoms. The van der Waals surface area contributed by atoms with Crippen molar-refractivity contribution < 1.29 is 14.6 Å². The number of carboxylic acid groups (broad SMARTS) is 1. The van der Waals surface area contributed by atoms with E-state index in [1.807, 2.05) is 0 Å². The summed E-state index contributed by atoms with van der Waals surface area (Å²) >= 11 is 0. The Hall–Kier alpha value is -1.36. The molecule has 5 heteroatoms. The van der Waals surface area contributed by atoms with E-state index in [0.717, 1.165) is 12.8 Å². The Bertz CT molecular complexity index is 439. The van der Waals surface area contributed by atoms with Gasteiger partial charge in [-0.2, -0.15) is 5.10 Å². The van der Waals surface area contributed by atoms with Crippen LogP contribution in [0.4, 0.5) is 0 Å². The smallest absolute Gasteiger partial charge is 0.339 e. The predicted molar refractivity (Wildman–Crippen MR) is 62.2 cm³/mol. The molecule has 0 saturated carbocycles. The van der Waals surface area contributed by atoms with Gasteiger partial charge in [0.15, 0.2) is 0 Å². The highest BCUT2D eigenvalue weighted by atomic mass is 16.5. The SMILES string of the molecule is Cc1nn(CC2CCC(C)O2)c(C)c1C(=O)O. The molecule has 0 aromatic carbocycles. The lowest BCUT2D eigenvalue weighted by atomic mass is 10.2. The van der Waals surface area contributed by atoms with E-state index in [2.05, 4.69) is 12.0 Å². The van der Waals surface area contributed by atoms with Gasteiger partial charge in [0.1, 0.15) is 5.56 Å². The second-order valence-electron chi connectivity index (χ2n) is 4.68. The molecule has 1 aliphatic heterocycles. The number of rotatable bonds is 3. The van der Waals surface area contributed by atoms with Crippen molar-refractivity contribution in [1.82, 2.24) is 9.78 Å². The summed E-state index contributed by atoms with van der Waals surface area (Å²) in [7, 11) is 0. The van der Waals surface area contributed by atoms with Crippen molar-refractivity contribution in [3.63, 3.8) is 0 Å². The van der Waals surface area contributed by atoms with Crippen LogP contribution >= 0.6 is 0 Å². The third-order valence-corrected chi connectivity index (χ3v) is 3.29. The van der Waals surface area contributed by atoms with Crippen LogP contribution < -0.4 is 0 Å². The molecule has 2 atom stereocenters. The zero-order valence-corrected chi connectivity index (χ0v) is 10.4. The van der Waals surface area contributed by atoms with Crippen molar-refractivity contribution in [1.29, 1.82) is 0 Å². The predicted octanol–water partition coefficient (Wildman–Crippen LogP) is 1.77. The fraction of sp³-hybridized carbons (Fsp3) is 0.667. The van der Waals surface area contributed by atoms with Gasteiger partial charge in [0.25, 0.3) is 0 Å². The summed E-state index contributed by atoms with van der Waals surface area (Å²) in [5.41, 5.74) is 1.59. The Morgan fingerprint density at radius 2 is 2.24 bits per heavy atom. The van der Waals surface area contributed by atoms with Crippen molar-refractivity contribution in [2.45, 2.75) is 52.4 Å². The minimum atomic E-state index is -0.910. The molecule has 5 nitrogen and oxygen atoms in total. The van der Waals surface area contributed by atoms with Crippen molar-refractivity contribution >= 4 is 5.97 Å². The zero-order valence-electron chi connectivity index (χ0n) is 10.4. The van der Waals surface area contributed by atoms with Crippen LogP contribution in [0.2, 0.25) is 0 Å². The normalized spacial score (nSPS) is 24.2. The molecule has 17 heavy (non-hydrogen) atoms. The summed E-state index contributed by atoms with van der Waals surface area (Å²) in [6, 6.07) is 0. The van der Waals surface area contributed by atoms with E-state index >= 15 is 0 Å². The number of carbonyl (C=O) groups is 1. The Morgan fingerprint density at radius 3 is 2.71 bits per heavy atom. The highest BCUT2D eigenvalue weighted by Crippen LogP contribution is 2.22. The standard InChI is InChI=1S/C12H18N2O3/c1-7-4-5-10(17-7)6-14-9(3)11(12(15)16)8(2)13-14/h7,10H,4-6H2,1-3H3,(H,15,16). The van der Waals surface area contributed by atoms with Gasteiger partial charge in [0.2, 0.25) is 0 Å². The van der Waals surface area contributed by atoms with Gasteiger partial charge >= 0.3 is 5.97 Å². The van der Waals surface area contributed by atoms with E-state index < -0.39 is 5.97 Å². The highest BCUT2D eigenvalue weighted by Gasteiger charge is 2.25. The first-order valence-electron chi connectivity index (χ1n) is 5.91. The Balaban J connectivity index is 2.17. The van der Waals surface area contributed by atoms with Gasteiger partial charge in [-0.05, 0) is 33.6 Å². The molecule has 1 N–H and O–H groups in total. The number of carboxylic acids is 1. The van der Waals surface area contributed by atoms with Crippen molar-refractivity contribution in [3.05, 3.63) is 17.0 Å². The van der Waals surface area contributed by atoms with Crippen LogP contribution in [0.1, 0.15) is 41.5 Å². The van der Waals surface area contributed by atoms with Crippen LogP contribution in [-0.2, 0) is 11.3 Å². The molecular weight excluding hydrogens is 220 g/mol. The average Bonchev–Trinajstić information content (AvgIpc) is 2.73. The van der Waals surface area contributed by atoms with Crippen LogP contribution in [0.5, 0.6) is 0 Å². The molecule has 0 spiro atoms. The molecule has 2 heterocycles. The van der Waals surface area contributed by atoms with Crippen molar-refractivity contribution in [2.75, 3.05) is 0 Å². The van der Waals surface area contributed by atoms with Crippen LogP contribution in [-0.4, -0.2) is 33.1 Å². The molecular formula is C12H18N2O3. The molecule has 1 aliphatic rings. The maximum atomic E-state index is 11.1. The molecule has 2 unspecified atom stereocenters. The lowest BCUT2D eigenvalue weighted by Crippen LogP contribution is -2.18. The monoisotopic (exact) mass is 238 g/mol. The van der Waals surface area contributed by atoms with Gasteiger partial charge in [-0.1, -0.05) is 0 Å². The summed E-state index contributed by atoms with van der Waals surface area (Å²) in [6.45, 7) is 6.22. The van der Waals surface area contributed by atoms with E-state index in [4.69, 9.17) is 9.84 Å². The molecule has 0 aliphatic carbocycles. The molecule has 94 valence electrons. The molecule has 0 amide bonds. The highest BCUT2D eigenvalue weighted by molar-refractivity contribution is 5.90. The number of aromatic carboxylic acids is 1. The summed E-state index contributed by atoms with van der Waals surface area (Å²) in [5, 5.41) is 13.4. The van der Waals surface area contributed by atoms with E-state index in [0.29, 0.717) is 29.6 Å². The first-order chi connectivity index (χ1) is 7.99. The number of aryl methyl sites for hydroxylation is 1. The number of aromatic nitrogens is 2. The largest absolute Gasteiger partial charge is 0.478 e. The maximum absolute atomic E-state index is 11.1. The van der Waals surface area contributed by atoms with Gasteiger partial charge in [-0.25, -0.2) is 4.79 Å². The van der Waals surface area contributed by atoms with E-state index in [9.17, 15) is 4.79 Å². The Morgan fingerprint density at radius 1 is 1.53 bits per heavy atom. The lowest BCUT2D eigenvalue weighted by Gasteiger charge is -2.12. The number of hydrogen-bond donors (Lipinski definition) is 1. The average molecular weight is 238 g/mol. The molecule has 1 aromatic heterocycles. The Kier molecular flexibility index (Phi) is 3.19. The molecule has 0 radical (unpaired) electrons. The molecule has 1 fully saturated rings. The van der Waals surface area contributed by atoms with Gasteiger partial charge in [0, 0.05) is 0 Å². The summed E-state index contributed by atoms with van der Waals surface area (Å²) < 4.78 is 7.47. The summed E-state index contributed by atoms with van der Waals surface area (Å²) in [6.07, 6.45) is 2.54. The fourth-order valence-corrected chi connectivity index (χ4v) is 2.40. The minimum absolute atomic E-state index is 0.157. The summed E-state index contributed by atoms with van der Waals surface area (Å²) in [4.78, 5) is 11.1. The lowest BCUT2D eigenvalue weighted by molar-refractivity contribution is 0.0432. The number of hydrogen-bond acceptors (Lipinski definition) is 3. The van der Waals surface area contributed by atoms with E-state index in [1.54, 1.807) is 18.5 Å². The van der Waals surface area contributed by atoms with Crippen LogP contribution in [0.15, 0.2) is 0 Å². The Labute approximate surface area is 100 Å². The second-order valence-corrected chi connectivity index (χ2v) is 4.68. The van der Waals surface area contributed by atoms with Gasteiger partial charge < -0.3 is 9.84 Å². The third kappa shape index (κ3) is 2.34. The minimum Gasteiger partial charge on any atom is -0.478 e. The zero-order chi connectivity index (χ0) is 12.6. The molecule has 2 rings (SSSR count). The molecule has 1 aromatic rings. The summed E-state index contributed by atoms with van der Waals surface area (Å²) in [5.74, 6) is -0.910. The van der Waals surface area contributed by atoms with Gasteiger partial charge in [0.05, 0.1) is 30.1 Å². The maximum Gasteiger partial charge on any atom is 0.339 e. The van der Waals surface area contributed by atoms with Crippen LogP contribution in [0.3, 0.4) is 0 Å². The first kappa shape index (κ1) is 12.1. The third-order valence-electron chi connectivity index (χ3n) is 3.29. The first-order valence-corrected chi connectivity index (χ1v) is 5.91. The van der Waals surface area contributed by atoms with Crippen molar-refractivity contribution in [3.8, 4) is 0 Å². The fourth-order valence-electron chi connectivity index (χ4n) is 2.40. The van der Waals surface area contributed by atoms with Crippen LogP contribution in [0, 0.1) is 13.8 Å². The topological polar surface area (TPSA) is 64.4 Å². The molecule has 1 saturated heterocycles. The van der Waals surface area contributed by atoms with Crippen LogP contribution in [0.25, 0.3) is 0 Å². The quantitative estimate of drug-likeness (QED) is 0.871. The van der Waals surface area contributed by atoms with Gasteiger partial charge in [-0.15, -0.1) is 0 Å².